The molecule has 0 amide bonds. The van der Waals surface area contributed by atoms with Gasteiger partial charge in [0.1, 0.15) is 6.10 Å². The molecule has 3 nitrogen and oxygen atoms in total. The van der Waals surface area contributed by atoms with E-state index in [4.69, 9.17) is 4.74 Å². The van der Waals surface area contributed by atoms with E-state index in [2.05, 4.69) is 43.2 Å². The molecule has 1 N–H and O–H groups in total. The zero-order valence-electron chi connectivity index (χ0n) is 13.3. The molecule has 0 radical (unpaired) electrons. The summed E-state index contributed by atoms with van der Waals surface area (Å²) in [7, 11) is 0. The lowest BCUT2D eigenvalue weighted by Gasteiger charge is -2.34. The number of nitrogens with zero attached hydrogens (tertiary/aromatic N) is 1. The quantitative estimate of drug-likeness (QED) is 0.887. The highest BCUT2D eigenvalue weighted by atomic mass is 16.5. The largest absolute Gasteiger partial charge is 0.474 e. The number of pyridine rings is 1. The third-order valence-corrected chi connectivity index (χ3v) is 4.14. The number of ether oxygens (including phenoxy) is 1. The van der Waals surface area contributed by atoms with E-state index in [1.54, 1.807) is 0 Å². The molecule has 20 heavy (non-hydrogen) atoms. The minimum absolute atomic E-state index is 0.337. The highest BCUT2D eigenvalue weighted by Crippen LogP contribution is 2.36. The fraction of sp³-hybridized carbons (Fsp3) is 0.706. The van der Waals surface area contributed by atoms with Crippen molar-refractivity contribution in [3.63, 3.8) is 0 Å². The Kier molecular flexibility index (Phi) is 5.03. The van der Waals surface area contributed by atoms with Crippen LogP contribution in [0.4, 0.5) is 0 Å². The van der Waals surface area contributed by atoms with Gasteiger partial charge in [0.15, 0.2) is 0 Å². The zero-order valence-corrected chi connectivity index (χ0v) is 13.3. The lowest BCUT2D eigenvalue weighted by atomic mass is 9.76. The molecule has 1 aliphatic rings. The van der Waals surface area contributed by atoms with E-state index in [1.807, 2.05) is 6.92 Å². The maximum Gasteiger partial charge on any atom is 0.214 e. The Morgan fingerprint density at radius 2 is 2.00 bits per heavy atom. The van der Waals surface area contributed by atoms with E-state index in [0.717, 1.165) is 37.5 Å². The molecular weight excluding hydrogens is 248 g/mol. The summed E-state index contributed by atoms with van der Waals surface area (Å²) in [5.74, 6) is 0.794. The van der Waals surface area contributed by atoms with Crippen LogP contribution in [0.15, 0.2) is 12.1 Å². The number of hydrogen-bond donors (Lipinski definition) is 1. The molecule has 1 aliphatic carbocycles. The molecule has 1 aromatic heterocycles. The van der Waals surface area contributed by atoms with Crippen LogP contribution in [0.5, 0.6) is 5.88 Å². The fourth-order valence-electron chi connectivity index (χ4n) is 2.80. The van der Waals surface area contributed by atoms with Gasteiger partial charge < -0.3 is 10.1 Å². The highest BCUT2D eigenvalue weighted by Gasteiger charge is 2.28. The number of rotatable bonds is 5. The van der Waals surface area contributed by atoms with E-state index >= 15 is 0 Å². The Bertz CT molecular complexity index is 433. The first-order valence-corrected chi connectivity index (χ1v) is 7.83. The van der Waals surface area contributed by atoms with Crippen LogP contribution in [0.25, 0.3) is 0 Å². The zero-order chi connectivity index (χ0) is 14.6. The number of aryl methyl sites for hydroxylation is 1. The van der Waals surface area contributed by atoms with Gasteiger partial charge in [-0.15, -0.1) is 0 Å². The van der Waals surface area contributed by atoms with Crippen LogP contribution in [-0.2, 0) is 6.54 Å². The molecule has 1 aromatic rings. The van der Waals surface area contributed by atoms with E-state index in [9.17, 15) is 0 Å². The van der Waals surface area contributed by atoms with Gasteiger partial charge in [-0.2, -0.15) is 0 Å². The second kappa shape index (κ2) is 6.57. The Labute approximate surface area is 123 Å². The molecule has 0 spiro atoms. The minimum Gasteiger partial charge on any atom is -0.474 e. The van der Waals surface area contributed by atoms with Gasteiger partial charge >= 0.3 is 0 Å². The molecule has 0 bridgehead atoms. The first-order valence-electron chi connectivity index (χ1n) is 7.83. The summed E-state index contributed by atoms with van der Waals surface area (Å²) in [5.41, 5.74) is 2.77. The SMILES string of the molecule is CCNCc1cc(C)nc(OC2CCC(C)(C)CC2)c1. The summed E-state index contributed by atoms with van der Waals surface area (Å²) in [6.45, 7) is 10.7. The van der Waals surface area contributed by atoms with Gasteiger partial charge in [0, 0.05) is 18.3 Å². The van der Waals surface area contributed by atoms with Crippen molar-refractivity contribution >= 4 is 0 Å². The number of aromatic nitrogens is 1. The van der Waals surface area contributed by atoms with Gasteiger partial charge in [0.2, 0.25) is 5.88 Å². The molecule has 0 unspecified atom stereocenters. The summed E-state index contributed by atoms with van der Waals surface area (Å²) in [6, 6.07) is 4.20. The second-order valence-corrected chi connectivity index (χ2v) is 6.72. The Morgan fingerprint density at radius 3 is 2.65 bits per heavy atom. The highest BCUT2D eigenvalue weighted by molar-refractivity contribution is 5.24. The smallest absolute Gasteiger partial charge is 0.214 e. The third kappa shape index (κ3) is 4.48. The van der Waals surface area contributed by atoms with E-state index in [0.29, 0.717) is 11.5 Å². The standard InChI is InChI=1S/C17H28N2O/c1-5-18-12-14-10-13(2)19-16(11-14)20-15-6-8-17(3,4)9-7-15/h10-11,15,18H,5-9,12H2,1-4H3. The number of nitrogens with one attached hydrogen (secondary N) is 1. The molecule has 3 heteroatoms. The number of hydrogen-bond acceptors (Lipinski definition) is 3. The van der Waals surface area contributed by atoms with Crippen molar-refractivity contribution in [2.75, 3.05) is 6.54 Å². The third-order valence-electron chi connectivity index (χ3n) is 4.14. The molecule has 112 valence electrons. The minimum atomic E-state index is 0.337. The van der Waals surface area contributed by atoms with Crippen molar-refractivity contribution in [1.82, 2.24) is 10.3 Å². The lowest BCUT2D eigenvalue weighted by molar-refractivity contribution is 0.0947. The van der Waals surface area contributed by atoms with Crippen LogP contribution in [0.2, 0.25) is 0 Å². The molecule has 0 saturated heterocycles. The van der Waals surface area contributed by atoms with Crippen molar-refractivity contribution < 1.29 is 4.74 Å². The molecule has 2 rings (SSSR count). The first kappa shape index (κ1) is 15.3. The van der Waals surface area contributed by atoms with Gasteiger partial charge in [0.05, 0.1) is 0 Å². The van der Waals surface area contributed by atoms with Gasteiger partial charge in [-0.1, -0.05) is 20.8 Å². The summed E-state index contributed by atoms with van der Waals surface area (Å²) >= 11 is 0. The van der Waals surface area contributed by atoms with Gasteiger partial charge in [-0.05, 0) is 56.2 Å². The molecule has 1 fully saturated rings. The monoisotopic (exact) mass is 276 g/mol. The fourth-order valence-corrected chi connectivity index (χ4v) is 2.80. The van der Waals surface area contributed by atoms with Crippen LogP contribution in [0, 0.1) is 12.3 Å². The van der Waals surface area contributed by atoms with Crippen molar-refractivity contribution in [3.8, 4) is 5.88 Å². The van der Waals surface area contributed by atoms with Crippen LogP contribution >= 0.6 is 0 Å². The van der Waals surface area contributed by atoms with Crippen LogP contribution in [0.3, 0.4) is 0 Å². The van der Waals surface area contributed by atoms with Crippen molar-refractivity contribution in [1.29, 1.82) is 0 Å². The summed E-state index contributed by atoms with van der Waals surface area (Å²) in [5, 5.41) is 3.35. The van der Waals surface area contributed by atoms with Crippen molar-refractivity contribution in [3.05, 3.63) is 23.4 Å². The van der Waals surface area contributed by atoms with Crippen molar-refractivity contribution in [2.45, 2.75) is 66.0 Å². The van der Waals surface area contributed by atoms with Crippen molar-refractivity contribution in [2.24, 2.45) is 5.41 Å². The summed E-state index contributed by atoms with van der Waals surface area (Å²) in [4.78, 5) is 4.52. The summed E-state index contributed by atoms with van der Waals surface area (Å²) < 4.78 is 6.11. The average Bonchev–Trinajstić information content (AvgIpc) is 2.38. The topological polar surface area (TPSA) is 34.2 Å². The predicted octanol–water partition coefficient (Wildman–Crippen LogP) is 3.85. The van der Waals surface area contributed by atoms with E-state index < -0.39 is 0 Å². The molecule has 1 heterocycles. The maximum atomic E-state index is 6.11. The van der Waals surface area contributed by atoms with E-state index in [-0.39, 0.29) is 0 Å². The predicted molar refractivity (Wildman–Crippen MR) is 83.0 cm³/mol. The lowest BCUT2D eigenvalue weighted by Crippen LogP contribution is -2.28. The van der Waals surface area contributed by atoms with E-state index in [1.165, 1.54) is 18.4 Å². The second-order valence-electron chi connectivity index (χ2n) is 6.72. The normalized spacial score (nSPS) is 19.0. The van der Waals surface area contributed by atoms with Gasteiger partial charge in [-0.3, -0.25) is 0 Å². The van der Waals surface area contributed by atoms with Gasteiger partial charge in [0.25, 0.3) is 0 Å². The molecule has 1 saturated carbocycles. The average molecular weight is 276 g/mol. The first-order chi connectivity index (χ1) is 9.48. The molecule has 0 aliphatic heterocycles. The Balaban J connectivity index is 1.97. The summed E-state index contributed by atoms with van der Waals surface area (Å²) in [6.07, 6.45) is 5.11. The molecule has 0 aromatic carbocycles. The molecule has 0 atom stereocenters. The molecular formula is C17H28N2O. The Hall–Kier alpha value is -1.09. The van der Waals surface area contributed by atoms with Crippen LogP contribution in [-0.4, -0.2) is 17.6 Å². The van der Waals surface area contributed by atoms with Gasteiger partial charge in [-0.25, -0.2) is 4.98 Å². The van der Waals surface area contributed by atoms with Crippen LogP contribution in [0.1, 0.15) is 57.7 Å². The van der Waals surface area contributed by atoms with Crippen LogP contribution < -0.4 is 10.1 Å². The Morgan fingerprint density at radius 1 is 1.30 bits per heavy atom. The maximum absolute atomic E-state index is 6.11.